The molecule has 1 unspecified atom stereocenters. The minimum atomic E-state index is -0.492. The summed E-state index contributed by atoms with van der Waals surface area (Å²) in [6.45, 7) is 3.69. The fourth-order valence-corrected chi connectivity index (χ4v) is 0.980. The Morgan fingerprint density at radius 3 is 2.82 bits per heavy atom. The third-order valence-corrected chi connectivity index (χ3v) is 1.92. The second-order valence-corrected chi connectivity index (χ2v) is 2.81. The fourth-order valence-electron chi connectivity index (χ4n) is 0.843. The number of aromatic nitrogens is 2. The molecule has 1 aromatic heterocycles. The summed E-state index contributed by atoms with van der Waals surface area (Å²) in [4.78, 5) is 4.06. The van der Waals surface area contributed by atoms with Crippen LogP contribution in [0.1, 0.15) is 31.0 Å². The highest BCUT2D eigenvalue weighted by Crippen LogP contribution is 2.15. The molecular formula is C7H11ClN2O. The van der Waals surface area contributed by atoms with Crippen molar-refractivity contribution in [3.05, 3.63) is 17.7 Å². The zero-order chi connectivity index (χ0) is 8.43. The van der Waals surface area contributed by atoms with E-state index in [1.165, 1.54) is 4.09 Å². The fraction of sp³-hybridized carbons (Fsp3) is 0.571. The van der Waals surface area contributed by atoms with Gasteiger partial charge in [0.2, 0.25) is 0 Å². The Labute approximate surface area is 70.7 Å². The van der Waals surface area contributed by atoms with E-state index in [0.717, 1.165) is 0 Å². The predicted molar refractivity (Wildman–Crippen MR) is 43.5 cm³/mol. The molecule has 1 aromatic rings. The summed E-state index contributed by atoms with van der Waals surface area (Å²) >= 11 is 5.67. The molecule has 0 bridgehead atoms. The first kappa shape index (κ1) is 8.56. The van der Waals surface area contributed by atoms with E-state index in [1.54, 1.807) is 13.1 Å². The first-order chi connectivity index (χ1) is 5.15. The average Bonchev–Trinajstić information content (AvgIpc) is 2.31. The van der Waals surface area contributed by atoms with Gasteiger partial charge in [-0.05, 0) is 13.3 Å². The molecule has 3 nitrogen and oxygen atoms in total. The van der Waals surface area contributed by atoms with Crippen molar-refractivity contribution in [2.45, 2.75) is 26.4 Å². The van der Waals surface area contributed by atoms with Crippen LogP contribution < -0.4 is 0 Å². The third-order valence-electron chi connectivity index (χ3n) is 1.57. The lowest BCUT2D eigenvalue weighted by molar-refractivity contribution is 0.169. The number of aliphatic hydroxyl groups is 1. The summed E-state index contributed by atoms with van der Waals surface area (Å²) in [6.07, 6.45) is 1.80. The summed E-state index contributed by atoms with van der Waals surface area (Å²) in [5.74, 6) is 0.703. The number of nitrogens with zero attached hydrogens (tertiary/aromatic N) is 2. The van der Waals surface area contributed by atoms with E-state index in [4.69, 9.17) is 11.8 Å². The highest BCUT2D eigenvalue weighted by atomic mass is 35.5. The maximum absolute atomic E-state index is 9.33. The van der Waals surface area contributed by atoms with Crippen LogP contribution in [0.3, 0.4) is 0 Å². The number of aliphatic hydroxyl groups excluding tert-OH is 1. The number of imidazole rings is 1. The van der Waals surface area contributed by atoms with Gasteiger partial charge in [0.15, 0.2) is 0 Å². The molecule has 1 heterocycles. The average molecular weight is 175 g/mol. The monoisotopic (exact) mass is 174 g/mol. The highest BCUT2D eigenvalue weighted by molar-refractivity contribution is 6.15. The van der Waals surface area contributed by atoms with Gasteiger partial charge >= 0.3 is 0 Å². The molecule has 4 heteroatoms. The minimum absolute atomic E-state index is 0.492. The van der Waals surface area contributed by atoms with Crippen molar-refractivity contribution in [1.29, 1.82) is 0 Å². The van der Waals surface area contributed by atoms with Gasteiger partial charge in [-0.1, -0.05) is 6.92 Å². The Morgan fingerprint density at radius 2 is 2.45 bits per heavy atom. The van der Waals surface area contributed by atoms with E-state index in [-0.39, 0.29) is 0 Å². The SMILES string of the molecule is CCC(O)c1cn(Cl)c(C)n1. The smallest absolute Gasteiger partial charge is 0.120 e. The summed E-state index contributed by atoms with van der Waals surface area (Å²) in [5, 5.41) is 9.33. The first-order valence-electron chi connectivity index (χ1n) is 3.55. The molecule has 1 N–H and O–H groups in total. The molecule has 0 radical (unpaired) electrons. The van der Waals surface area contributed by atoms with Crippen LogP contribution >= 0.6 is 11.8 Å². The molecule has 0 aliphatic heterocycles. The molecule has 0 saturated heterocycles. The Bertz CT molecular complexity index is 227. The standard InChI is InChI=1S/C7H11ClN2O/c1-3-7(11)6-4-10(8)5(2)9-6/h4,7,11H,3H2,1-2H3. The Hall–Kier alpha value is -0.540. The van der Waals surface area contributed by atoms with Crippen molar-refractivity contribution in [2.24, 2.45) is 0 Å². The van der Waals surface area contributed by atoms with E-state index >= 15 is 0 Å². The molecule has 1 rings (SSSR count). The summed E-state index contributed by atoms with van der Waals surface area (Å²) in [6, 6.07) is 0. The number of rotatable bonds is 2. The molecule has 0 spiro atoms. The highest BCUT2D eigenvalue weighted by Gasteiger charge is 2.09. The quantitative estimate of drug-likeness (QED) is 0.740. The molecule has 0 fully saturated rings. The second kappa shape index (κ2) is 3.24. The minimum Gasteiger partial charge on any atom is -0.387 e. The number of aryl methyl sites for hydroxylation is 1. The second-order valence-electron chi connectivity index (χ2n) is 2.45. The molecule has 11 heavy (non-hydrogen) atoms. The van der Waals surface area contributed by atoms with Gasteiger partial charge in [0.1, 0.15) is 5.82 Å². The summed E-state index contributed by atoms with van der Waals surface area (Å²) in [5.41, 5.74) is 0.639. The molecule has 0 aromatic carbocycles. The van der Waals surface area contributed by atoms with Gasteiger partial charge in [-0.3, -0.25) is 0 Å². The molecule has 0 aliphatic carbocycles. The Morgan fingerprint density at radius 1 is 1.82 bits per heavy atom. The topological polar surface area (TPSA) is 38.0 Å². The van der Waals surface area contributed by atoms with Crippen LogP contribution in [0.5, 0.6) is 0 Å². The van der Waals surface area contributed by atoms with Crippen LogP contribution in [0.2, 0.25) is 0 Å². The molecule has 0 amide bonds. The van der Waals surface area contributed by atoms with Crippen molar-refractivity contribution in [1.82, 2.24) is 9.07 Å². The lowest BCUT2D eigenvalue weighted by Gasteiger charge is -2.00. The van der Waals surface area contributed by atoms with Crippen LogP contribution in [-0.2, 0) is 0 Å². The van der Waals surface area contributed by atoms with Gasteiger partial charge < -0.3 is 5.11 Å². The van der Waals surface area contributed by atoms with Crippen molar-refractivity contribution in [3.63, 3.8) is 0 Å². The first-order valence-corrected chi connectivity index (χ1v) is 3.89. The van der Waals surface area contributed by atoms with Gasteiger partial charge in [0.05, 0.1) is 11.8 Å². The molecular weight excluding hydrogens is 164 g/mol. The summed E-state index contributed by atoms with van der Waals surface area (Å²) in [7, 11) is 0. The zero-order valence-corrected chi connectivity index (χ0v) is 7.34. The maximum atomic E-state index is 9.33. The van der Waals surface area contributed by atoms with E-state index in [9.17, 15) is 5.11 Å². The largest absolute Gasteiger partial charge is 0.387 e. The van der Waals surface area contributed by atoms with Gasteiger partial charge in [-0.25, -0.2) is 9.07 Å². The van der Waals surface area contributed by atoms with E-state index in [1.807, 2.05) is 6.92 Å². The van der Waals surface area contributed by atoms with E-state index < -0.39 is 6.10 Å². The number of hydrogen-bond acceptors (Lipinski definition) is 2. The van der Waals surface area contributed by atoms with Gasteiger partial charge in [-0.15, -0.1) is 0 Å². The van der Waals surface area contributed by atoms with E-state index in [0.29, 0.717) is 17.9 Å². The zero-order valence-electron chi connectivity index (χ0n) is 6.58. The van der Waals surface area contributed by atoms with Crippen molar-refractivity contribution in [2.75, 3.05) is 0 Å². The molecule has 0 aliphatic rings. The Balaban J connectivity index is 2.88. The van der Waals surface area contributed by atoms with Crippen molar-refractivity contribution < 1.29 is 5.11 Å². The van der Waals surface area contributed by atoms with Crippen LogP contribution in [0.4, 0.5) is 0 Å². The normalized spacial score (nSPS) is 13.5. The summed E-state index contributed by atoms with van der Waals surface area (Å²) < 4.78 is 1.38. The van der Waals surface area contributed by atoms with E-state index in [2.05, 4.69) is 4.98 Å². The maximum Gasteiger partial charge on any atom is 0.120 e. The van der Waals surface area contributed by atoms with Crippen molar-refractivity contribution in [3.8, 4) is 0 Å². The number of hydrogen-bond donors (Lipinski definition) is 1. The molecule has 1 atom stereocenters. The number of halogens is 1. The van der Waals surface area contributed by atoms with Crippen LogP contribution in [-0.4, -0.2) is 14.2 Å². The van der Waals surface area contributed by atoms with Crippen LogP contribution in [0.25, 0.3) is 0 Å². The van der Waals surface area contributed by atoms with Gasteiger partial charge in [0.25, 0.3) is 0 Å². The van der Waals surface area contributed by atoms with Crippen LogP contribution in [0.15, 0.2) is 6.20 Å². The van der Waals surface area contributed by atoms with Crippen LogP contribution in [0, 0.1) is 6.92 Å². The lowest BCUT2D eigenvalue weighted by atomic mass is 10.2. The molecule has 62 valence electrons. The predicted octanol–water partition coefficient (Wildman–Crippen LogP) is 1.64. The molecule has 0 saturated carbocycles. The lowest BCUT2D eigenvalue weighted by Crippen LogP contribution is -1.94. The van der Waals surface area contributed by atoms with Crippen molar-refractivity contribution >= 4 is 11.8 Å². The Kier molecular flexibility index (Phi) is 2.52. The van der Waals surface area contributed by atoms with Gasteiger partial charge in [-0.2, -0.15) is 0 Å². The van der Waals surface area contributed by atoms with Gasteiger partial charge in [0, 0.05) is 18.0 Å². The third kappa shape index (κ3) is 1.73.